The lowest BCUT2D eigenvalue weighted by molar-refractivity contribution is 0.416. The van der Waals surface area contributed by atoms with Gasteiger partial charge in [-0.25, -0.2) is 0 Å². The van der Waals surface area contributed by atoms with Crippen molar-refractivity contribution in [2.24, 2.45) is 0 Å². The summed E-state index contributed by atoms with van der Waals surface area (Å²) in [6, 6.07) is 6.07. The van der Waals surface area contributed by atoms with Gasteiger partial charge in [-0.1, -0.05) is 6.07 Å². The summed E-state index contributed by atoms with van der Waals surface area (Å²) in [7, 11) is 1.68. The summed E-state index contributed by atoms with van der Waals surface area (Å²) in [5.41, 5.74) is 2.26. The van der Waals surface area contributed by atoms with E-state index in [1.807, 2.05) is 12.1 Å². The molecule has 0 aliphatic rings. The summed E-state index contributed by atoms with van der Waals surface area (Å²) < 4.78 is 5.21. The maximum absolute atomic E-state index is 5.21. The number of hydrogen-bond donors (Lipinski definition) is 2. The van der Waals surface area contributed by atoms with Crippen LogP contribution in [0.5, 0.6) is 5.75 Å². The lowest BCUT2D eigenvalue weighted by atomic mass is 10.2. The van der Waals surface area contributed by atoms with Crippen LogP contribution in [0.1, 0.15) is 5.56 Å². The molecule has 0 unspecified atom stereocenters. The standard InChI is InChI=1S/C10H15NOS/c1-8-3-4-10(12-2)9(7-8)11-5-6-13/h3-4,7,11,13H,5-6H2,1-2H3. The number of benzene rings is 1. The molecule has 0 amide bonds. The van der Waals surface area contributed by atoms with Crippen molar-refractivity contribution in [1.82, 2.24) is 0 Å². The van der Waals surface area contributed by atoms with Crippen molar-refractivity contribution in [3.63, 3.8) is 0 Å². The monoisotopic (exact) mass is 197 g/mol. The molecule has 0 aliphatic carbocycles. The molecule has 0 bridgehead atoms. The first-order chi connectivity index (χ1) is 6.27. The fourth-order valence-corrected chi connectivity index (χ4v) is 1.26. The Kier molecular flexibility index (Phi) is 3.96. The number of thiol groups is 1. The minimum absolute atomic E-state index is 0.817. The first-order valence-corrected chi connectivity index (χ1v) is 4.90. The molecule has 1 aromatic rings. The molecule has 1 N–H and O–H groups in total. The van der Waals surface area contributed by atoms with Crippen LogP contribution in [-0.2, 0) is 0 Å². The number of methoxy groups -OCH3 is 1. The zero-order valence-corrected chi connectivity index (χ0v) is 8.90. The minimum atomic E-state index is 0.817. The molecular weight excluding hydrogens is 182 g/mol. The number of aryl methyl sites for hydroxylation is 1. The molecule has 0 aromatic heterocycles. The Bertz CT molecular complexity index is 276. The van der Waals surface area contributed by atoms with Crippen LogP contribution >= 0.6 is 12.6 Å². The van der Waals surface area contributed by atoms with Gasteiger partial charge in [0.1, 0.15) is 5.75 Å². The Hall–Kier alpha value is -0.830. The van der Waals surface area contributed by atoms with E-state index in [1.54, 1.807) is 7.11 Å². The smallest absolute Gasteiger partial charge is 0.141 e. The third-order valence-electron chi connectivity index (χ3n) is 1.78. The first-order valence-electron chi connectivity index (χ1n) is 4.27. The largest absolute Gasteiger partial charge is 0.495 e. The first kappa shape index (κ1) is 10.3. The van der Waals surface area contributed by atoms with E-state index in [0.29, 0.717) is 0 Å². The fraction of sp³-hybridized carbons (Fsp3) is 0.400. The average Bonchev–Trinajstić information content (AvgIpc) is 2.15. The minimum Gasteiger partial charge on any atom is -0.495 e. The van der Waals surface area contributed by atoms with Crippen LogP contribution in [0.2, 0.25) is 0 Å². The SMILES string of the molecule is COc1ccc(C)cc1NCCS. The van der Waals surface area contributed by atoms with Crippen LogP contribution in [0.15, 0.2) is 18.2 Å². The molecule has 0 atom stereocenters. The molecular formula is C10H15NOS. The van der Waals surface area contributed by atoms with E-state index in [9.17, 15) is 0 Å². The van der Waals surface area contributed by atoms with E-state index in [2.05, 4.69) is 30.9 Å². The molecule has 3 heteroatoms. The van der Waals surface area contributed by atoms with Crippen LogP contribution in [0.3, 0.4) is 0 Å². The highest BCUT2D eigenvalue weighted by atomic mass is 32.1. The molecule has 0 radical (unpaired) electrons. The van der Waals surface area contributed by atoms with Gasteiger partial charge in [0.25, 0.3) is 0 Å². The Balaban J connectivity index is 2.81. The quantitative estimate of drug-likeness (QED) is 0.723. The van der Waals surface area contributed by atoms with Crippen molar-refractivity contribution in [2.75, 3.05) is 24.7 Å². The Morgan fingerprint density at radius 3 is 2.85 bits per heavy atom. The van der Waals surface area contributed by atoms with Gasteiger partial charge < -0.3 is 10.1 Å². The van der Waals surface area contributed by atoms with Gasteiger partial charge in [-0.05, 0) is 24.6 Å². The van der Waals surface area contributed by atoms with Gasteiger partial charge in [-0.15, -0.1) is 0 Å². The highest BCUT2D eigenvalue weighted by Crippen LogP contribution is 2.24. The molecule has 0 aliphatic heterocycles. The lowest BCUT2D eigenvalue weighted by Crippen LogP contribution is -2.04. The van der Waals surface area contributed by atoms with Gasteiger partial charge in [0.15, 0.2) is 0 Å². The normalized spacial score (nSPS) is 9.77. The van der Waals surface area contributed by atoms with Crippen LogP contribution in [-0.4, -0.2) is 19.4 Å². The van der Waals surface area contributed by atoms with Crippen molar-refractivity contribution >= 4 is 18.3 Å². The molecule has 1 aromatic carbocycles. The lowest BCUT2D eigenvalue weighted by Gasteiger charge is -2.10. The third-order valence-corrected chi connectivity index (χ3v) is 2.01. The van der Waals surface area contributed by atoms with Gasteiger partial charge in [0.2, 0.25) is 0 Å². The van der Waals surface area contributed by atoms with E-state index >= 15 is 0 Å². The topological polar surface area (TPSA) is 21.3 Å². The van der Waals surface area contributed by atoms with Gasteiger partial charge in [0, 0.05) is 12.3 Å². The molecule has 0 spiro atoms. The van der Waals surface area contributed by atoms with E-state index in [1.165, 1.54) is 5.56 Å². The number of rotatable bonds is 4. The van der Waals surface area contributed by atoms with Crippen LogP contribution in [0.25, 0.3) is 0 Å². The van der Waals surface area contributed by atoms with E-state index in [0.717, 1.165) is 23.7 Å². The molecule has 72 valence electrons. The van der Waals surface area contributed by atoms with Crippen LogP contribution in [0, 0.1) is 6.92 Å². The van der Waals surface area contributed by atoms with E-state index < -0.39 is 0 Å². The van der Waals surface area contributed by atoms with Crippen LogP contribution < -0.4 is 10.1 Å². The summed E-state index contributed by atoms with van der Waals surface area (Å²) in [6.45, 7) is 2.91. The molecule has 0 saturated carbocycles. The number of hydrogen-bond acceptors (Lipinski definition) is 3. The van der Waals surface area contributed by atoms with Crippen molar-refractivity contribution in [3.8, 4) is 5.75 Å². The number of ether oxygens (including phenoxy) is 1. The van der Waals surface area contributed by atoms with Gasteiger partial charge in [0.05, 0.1) is 12.8 Å². The fourth-order valence-electron chi connectivity index (χ4n) is 1.15. The van der Waals surface area contributed by atoms with Crippen LogP contribution in [0.4, 0.5) is 5.69 Å². The summed E-state index contributed by atoms with van der Waals surface area (Å²) in [4.78, 5) is 0. The van der Waals surface area contributed by atoms with E-state index in [-0.39, 0.29) is 0 Å². The second-order valence-corrected chi connectivity index (χ2v) is 3.30. The van der Waals surface area contributed by atoms with Crippen molar-refractivity contribution in [3.05, 3.63) is 23.8 Å². The van der Waals surface area contributed by atoms with Crippen molar-refractivity contribution < 1.29 is 4.74 Å². The van der Waals surface area contributed by atoms with Crippen molar-refractivity contribution in [1.29, 1.82) is 0 Å². The molecule has 0 saturated heterocycles. The second-order valence-electron chi connectivity index (χ2n) is 2.85. The Morgan fingerprint density at radius 2 is 2.23 bits per heavy atom. The Morgan fingerprint density at radius 1 is 1.46 bits per heavy atom. The third kappa shape index (κ3) is 2.84. The van der Waals surface area contributed by atoms with Gasteiger partial charge >= 0.3 is 0 Å². The maximum Gasteiger partial charge on any atom is 0.141 e. The predicted molar refractivity (Wildman–Crippen MR) is 60.1 cm³/mol. The van der Waals surface area contributed by atoms with Crippen molar-refractivity contribution in [2.45, 2.75) is 6.92 Å². The zero-order valence-electron chi connectivity index (χ0n) is 8.00. The molecule has 2 nitrogen and oxygen atoms in total. The molecule has 1 rings (SSSR count). The predicted octanol–water partition coefficient (Wildman–Crippen LogP) is 2.35. The summed E-state index contributed by atoms with van der Waals surface area (Å²) in [5, 5.41) is 3.25. The summed E-state index contributed by atoms with van der Waals surface area (Å²) >= 11 is 4.14. The molecule has 13 heavy (non-hydrogen) atoms. The van der Waals surface area contributed by atoms with Gasteiger partial charge in [-0.2, -0.15) is 12.6 Å². The highest BCUT2D eigenvalue weighted by molar-refractivity contribution is 7.80. The zero-order chi connectivity index (χ0) is 9.68. The maximum atomic E-state index is 5.21. The summed E-state index contributed by atoms with van der Waals surface area (Å²) in [5.74, 6) is 1.70. The average molecular weight is 197 g/mol. The molecule has 0 heterocycles. The van der Waals surface area contributed by atoms with E-state index in [4.69, 9.17) is 4.74 Å². The Labute approximate surface area is 84.7 Å². The van der Waals surface area contributed by atoms with Gasteiger partial charge in [-0.3, -0.25) is 0 Å². The summed E-state index contributed by atoms with van der Waals surface area (Å²) in [6.07, 6.45) is 0. The number of anilines is 1. The molecule has 0 fully saturated rings. The second kappa shape index (κ2) is 5.02. The highest BCUT2D eigenvalue weighted by Gasteiger charge is 2.00. The number of nitrogens with one attached hydrogen (secondary N) is 1.